The summed E-state index contributed by atoms with van der Waals surface area (Å²) in [4.78, 5) is 21.9. The Morgan fingerprint density at radius 2 is 1.76 bits per heavy atom. The Bertz CT molecular complexity index is 802. The van der Waals surface area contributed by atoms with Gasteiger partial charge in [-0.15, -0.1) is 0 Å². The molecule has 130 valence electrons. The fraction of sp³-hybridized carbons (Fsp3) is 0.0667. The number of rotatable bonds is 6. The van der Waals surface area contributed by atoms with Crippen LogP contribution in [0.5, 0.6) is 0 Å². The molecule has 0 saturated carbocycles. The minimum Gasteiger partial charge on any atom is -0.374 e. The molecule has 0 bridgehead atoms. The van der Waals surface area contributed by atoms with Gasteiger partial charge in [-0.05, 0) is 61.7 Å². The lowest BCUT2D eigenvalue weighted by atomic mass is 10.2. The van der Waals surface area contributed by atoms with Crippen molar-refractivity contribution in [2.45, 2.75) is 0 Å². The van der Waals surface area contributed by atoms with Crippen LogP contribution in [0.4, 0.5) is 11.4 Å². The van der Waals surface area contributed by atoms with Gasteiger partial charge in [0.25, 0.3) is 11.6 Å². The molecule has 2 aromatic rings. The largest absolute Gasteiger partial charge is 0.374 e. The summed E-state index contributed by atoms with van der Waals surface area (Å²) in [6, 6.07) is 9.54. The molecule has 0 spiro atoms. The molecule has 0 aliphatic heterocycles. The lowest BCUT2D eigenvalue weighted by Gasteiger charge is -2.10. The Hall–Kier alpha value is -1.78. The van der Waals surface area contributed by atoms with Crippen molar-refractivity contribution < 1.29 is 9.72 Å². The summed E-state index contributed by atoms with van der Waals surface area (Å²) < 4.78 is 2.50. The molecule has 2 aromatic carbocycles. The van der Waals surface area contributed by atoms with Crippen molar-refractivity contribution in [3.8, 4) is 0 Å². The van der Waals surface area contributed by atoms with Crippen molar-refractivity contribution in [2.75, 3.05) is 11.9 Å². The molecule has 0 aromatic heterocycles. The molecule has 0 aliphatic carbocycles. The number of hydrogen-bond acceptors (Lipinski definition) is 5. The first-order valence-electron chi connectivity index (χ1n) is 6.81. The smallest absolute Gasteiger partial charge is 0.269 e. The fourth-order valence-corrected chi connectivity index (χ4v) is 4.32. The summed E-state index contributed by atoms with van der Waals surface area (Å²) in [7, 11) is 0. The summed E-state index contributed by atoms with van der Waals surface area (Å²) in [5.74, 6) is -0.333. The molecule has 2 rings (SSSR count). The number of carbonyl (C=O) groups is 1. The lowest BCUT2D eigenvalue weighted by molar-refractivity contribution is -0.384. The van der Waals surface area contributed by atoms with Gasteiger partial charge in [-0.3, -0.25) is 14.9 Å². The topological polar surface area (TPSA) is 96.6 Å². The molecule has 7 nitrogen and oxygen atoms in total. The van der Waals surface area contributed by atoms with Gasteiger partial charge >= 0.3 is 0 Å². The third kappa shape index (κ3) is 5.91. The summed E-state index contributed by atoms with van der Waals surface area (Å²) in [5.41, 5.74) is 3.76. The Labute approximate surface area is 168 Å². The van der Waals surface area contributed by atoms with Crippen LogP contribution < -0.4 is 10.7 Å². The van der Waals surface area contributed by atoms with Gasteiger partial charge in [0.05, 0.1) is 23.4 Å². The standard InChI is InChI=1S/C15H11Br3N4O3/c16-10-5-12(17)15(13(18)6-10)19-8-14(23)21-20-7-9-1-3-11(4-2-9)22(24)25/h1-7,19H,8H2,(H,21,23)/b20-7+. The van der Waals surface area contributed by atoms with Crippen molar-refractivity contribution in [1.82, 2.24) is 5.43 Å². The zero-order valence-corrected chi connectivity index (χ0v) is 17.3. The highest BCUT2D eigenvalue weighted by Crippen LogP contribution is 2.34. The van der Waals surface area contributed by atoms with Gasteiger partial charge in [-0.2, -0.15) is 5.10 Å². The molecular weight excluding hydrogens is 524 g/mol. The molecule has 0 unspecified atom stereocenters. The maximum Gasteiger partial charge on any atom is 0.269 e. The van der Waals surface area contributed by atoms with Crippen LogP contribution in [0.1, 0.15) is 5.56 Å². The van der Waals surface area contributed by atoms with Crippen molar-refractivity contribution >= 4 is 71.3 Å². The van der Waals surface area contributed by atoms with Crippen molar-refractivity contribution in [1.29, 1.82) is 0 Å². The summed E-state index contributed by atoms with van der Waals surface area (Å²) in [5, 5.41) is 17.4. The first kappa shape index (κ1) is 19.5. The van der Waals surface area contributed by atoms with Gasteiger partial charge in [-0.25, -0.2) is 5.43 Å². The average molecular weight is 535 g/mol. The number of nitrogens with one attached hydrogen (secondary N) is 2. The van der Waals surface area contributed by atoms with Gasteiger partial charge in [0.15, 0.2) is 0 Å². The maximum atomic E-state index is 11.8. The van der Waals surface area contributed by atoms with Gasteiger partial charge in [-0.1, -0.05) is 15.9 Å². The highest BCUT2D eigenvalue weighted by Gasteiger charge is 2.08. The number of anilines is 1. The third-order valence-corrected chi connectivity index (χ3v) is 4.65. The van der Waals surface area contributed by atoms with Crippen LogP contribution in [-0.4, -0.2) is 23.6 Å². The number of nitro groups is 1. The molecule has 0 saturated heterocycles. The molecule has 0 radical (unpaired) electrons. The Balaban J connectivity index is 1.87. The quantitative estimate of drug-likeness (QED) is 0.325. The first-order valence-corrected chi connectivity index (χ1v) is 9.19. The van der Waals surface area contributed by atoms with Crippen LogP contribution in [0.25, 0.3) is 0 Å². The normalized spacial score (nSPS) is 10.7. The monoisotopic (exact) mass is 532 g/mol. The molecule has 0 heterocycles. The Morgan fingerprint density at radius 3 is 2.32 bits per heavy atom. The van der Waals surface area contributed by atoms with Gasteiger partial charge in [0.1, 0.15) is 0 Å². The number of halogens is 3. The van der Waals surface area contributed by atoms with E-state index in [0.717, 1.165) is 19.1 Å². The Kier molecular flexibility index (Phi) is 7.09. The summed E-state index contributed by atoms with van der Waals surface area (Å²) in [6.45, 7) is 0.0242. The highest BCUT2D eigenvalue weighted by atomic mass is 79.9. The van der Waals surface area contributed by atoms with E-state index >= 15 is 0 Å². The second-order valence-corrected chi connectivity index (χ2v) is 7.36. The Morgan fingerprint density at radius 1 is 1.16 bits per heavy atom. The number of carbonyl (C=O) groups excluding carboxylic acids is 1. The van der Waals surface area contributed by atoms with E-state index < -0.39 is 4.92 Å². The van der Waals surface area contributed by atoms with Crippen LogP contribution in [0, 0.1) is 10.1 Å². The molecular formula is C15H11Br3N4O3. The van der Waals surface area contributed by atoms with Crippen LogP contribution in [0.2, 0.25) is 0 Å². The zero-order valence-electron chi connectivity index (χ0n) is 12.5. The van der Waals surface area contributed by atoms with Crippen molar-refractivity contribution in [3.05, 3.63) is 65.5 Å². The molecule has 1 amide bonds. The van der Waals surface area contributed by atoms with Crippen LogP contribution in [-0.2, 0) is 4.79 Å². The van der Waals surface area contributed by atoms with Gasteiger partial charge in [0.2, 0.25) is 0 Å². The van der Waals surface area contributed by atoms with Crippen molar-refractivity contribution in [3.63, 3.8) is 0 Å². The number of hydrogen-bond donors (Lipinski definition) is 2. The zero-order chi connectivity index (χ0) is 18.4. The molecule has 0 aliphatic rings. The van der Waals surface area contributed by atoms with E-state index in [4.69, 9.17) is 0 Å². The minimum absolute atomic E-state index is 0.00367. The van der Waals surface area contributed by atoms with Crippen LogP contribution >= 0.6 is 47.8 Å². The lowest BCUT2D eigenvalue weighted by Crippen LogP contribution is -2.26. The number of benzene rings is 2. The number of nitro benzene ring substituents is 1. The summed E-state index contributed by atoms with van der Waals surface area (Å²) >= 11 is 10.2. The SMILES string of the molecule is O=C(CNc1c(Br)cc(Br)cc1Br)N/N=C/c1ccc([N+](=O)[O-])cc1. The van der Waals surface area contributed by atoms with E-state index in [1.54, 1.807) is 12.1 Å². The van der Waals surface area contributed by atoms with E-state index in [1.165, 1.54) is 18.3 Å². The van der Waals surface area contributed by atoms with Crippen LogP contribution in [0.15, 0.2) is 54.9 Å². The average Bonchev–Trinajstić information content (AvgIpc) is 2.54. The van der Waals surface area contributed by atoms with E-state index in [-0.39, 0.29) is 18.1 Å². The first-order chi connectivity index (χ1) is 11.9. The predicted molar refractivity (Wildman–Crippen MR) is 107 cm³/mol. The number of nitrogens with zero attached hydrogens (tertiary/aromatic N) is 2. The molecule has 25 heavy (non-hydrogen) atoms. The van der Waals surface area contributed by atoms with Gasteiger partial charge < -0.3 is 5.32 Å². The molecule has 10 heteroatoms. The highest BCUT2D eigenvalue weighted by molar-refractivity contribution is 9.11. The van der Waals surface area contributed by atoms with E-state index in [2.05, 4.69) is 63.6 Å². The van der Waals surface area contributed by atoms with Crippen LogP contribution in [0.3, 0.4) is 0 Å². The summed E-state index contributed by atoms with van der Waals surface area (Å²) in [6.07, 6.45) is 1.41. The van der Waals surface area contributed by atoms with Crippen molar-refractivity contribution in [2.24, 2.45) is 5.10 Å². The number of hydrazone groups is 1. The second-order valence-electron chi connectivity index (χ2n) is 4.74. The number of amides is 1. The molecule has 2 N–H and O–H groups in total. The van der Waals surface area contributed by atoms with E-state index in [1.807, 2.05) is 12.1 Å². The molecule has 0 atom stereocenters. The van der Waals surface area contributed by atoms with E-state index in [0.29, 0.717) is 5.56 Å². The fourth-order valence-electron chi connectivity index (χ4n) is 1.78. The number of non-ortho nitro benzene ring substituents is 1. The van der Waals surface area contributed by atoms with E-state index in [9.17, 15) is 14.9 Å². The third-order valence-electron chi connectivity index (χ3n) is 2.94. The maximum absolute atomic E-state index is 11.8. The molecule has 0 fully saturated rings. The van der Waals surface area contributed by atoms with Gasteiger partial charge in [0, 0.05) is 25.6 Å². The predicted octanol–water partition coefficient (Wildman–Crippen LogP) is 4.44. The second kappa shape index (κ2) is 9.07. The minimum atomic E-state index is -0.479.